The van der Waals surface area contributed by atoms with Crippen LogP contribution in [0.4, 0.5) is 0 Å². The lowest BCUT2D eigenvalue weighted by atomic mass is 9.98. The van der Waals surface area contributed by atoms with Crippen LogP contribution in [0.25, 0.3) is 0 Å². The van der Waals surface area contributed by atoms with E-state index in [0.717, 1.165) is 21.3 Å². The fourth-order valence-electron chi connectivity index (χ4n) is 2.28. The van der Waals surface area contributed by atoms with Crippen molar-refractivity contribution in [2.45, 2.75) is 25.3 Å². The Balaban J connectivity index is 2.29. The fraction of sp³-hybridized carbons (Fsp3) is 0.462. The Hall–Kier alpha value is -1.07. The van der Waals surface area contributed by atoms with E-state index in [1.165, 1.54) is 0 Å². The van der Waals surface area contributed by atoms with Crippen molar-refractivity contribution in [3.05, 3.63) is 27.7 Å². The van der Waals surface area contributed by atoms with E-state index in [4.69, 9.17) is 15.2 Å². The molecule has 2 rings (SSSR count). The summed E-state index contributed by atoms with van der Waals surface area (Å²) >= 11 is 3.43. The zero-order chi connectivity index (χ0) is 13.3. The molecule has 1 aromatic carbocycles. The molecule has 2 N–H and O–H groups in total. The van der Waals surface area contributed by atoms with Crippen LogP contribution < -0.4 is 10.5 Å². The van der Waals surface area contributed by atoms with Gasteiger partial charge in [0.15, 0.2) is 0 Å². The number of carbonyl (C=O) groups is 1. The topological polar surface area (TPSA) is 61.5 Å². The third-order valence-corrected chi connectivity index (χ3v) is 3.79. The highest BCUT2D eigenvalue weighted by atomic mass is 79.9. The summed E-state index contributed by atoms with van der Waals surface area (Å²) in [6.45, 7) is 2.13. The van der Waals surface area contributed by atoms with Crippen LogP contribution in [-0.4, -0.2) is 25.2 Å². The lowest BCUT2D eigenvalue weighted by molar-refractivity contribution is -0.149. The van der Waals surface area contributed by atoms with Crippen LogP contribution in [0.2, 0.25) is 0 Å². The summed E-state index contributed by atoms with van der Waals surface area (Å²) in [5.74, 6) is 0.415. The maximum absolute atomic E-state index is 11.9. The number of ether oxygens (including phenoxy) is 2. The van der Waals surface area contributed by atoms with Gasteiger partial charge in [0.05, 0.1) is 18.2 Å². The molecule has 0 fully saturated rings. The molecule has 1 aromatic rings. The van der Waals surface area contributed by atoms with Gasteiger partial charge in [-0.1, -0.05) is 0 Å². The number of carbonyl (C=O) groups excluding carboxylic acids is 1. The second kappa shape index (κ2) is 4.90. The Kier molecular flexibility index (Phi) is 3.64. The van der Waals surface area contributed by atoms with Gasteiger partial charge in [-0.05, 0) is 46.1 Å². The predicted molar refractivity (Wildman–Crippen MR) is 71.7 cm³/mol. The molecule has 0 amide bonds. The van der Waals surface area contributed by atoms with Crippen molar-refractivity contribution in [1.29, 1.82) is 0 Å². The van der Waals surface area contributed by atoms with Crippen LogP contribution in [0.3, 0.4) is 0 Å². The highest BCUT2D eigenvalue weighted by Crippen LogP contribution is 2.36. The number of fused-ring (bicyclic) bond motifs is 1. The van der Waals surface area contributed by atoms with Crippen molar-refractivity contribution in [1.82, 2.24) is 0 Å². The van der Waals surface area contributed by atoms with Crippen LogP contribution in [-0.2, 0) is 22.4 Å². The molecule has 5 heteroatoms. The van der Waals surface area contributed by atoms with Gasteiger partial charge in [-0.3, -0.25) is 4.79 Å². The molecule has 0 aromatic heterocycles. The third-order valence-electron chi connectivity index (χ3n) is 3.17. The molecule has 0 heterocycles. The van der Waals surface area contributed by atoms with E-state index >= 15 is 0 Å². The van der Waals surface area contributed by atoms with Crippen LogP contribution in [0.1, 0.15) is 18.1 Å². The summed E-state index contributed by atoms with van der Waals surface area (Å²) < 4.78 is 11.2. The normalized spacial score (nSPS) is 21.6. The van der Waals surface area contributed by atoms with E-state index in [0.29, 0.717) is 19.4 Å². The maximum Gasteiger partial charge on any atom is 0.326 e. The van der Waals surface area contributed by atoms with Gasteiger partial charge in [-0.15, -0.1) is 0 Å². The number of benzene rings is 1. The van der Waals surface area contributed by atoms with E-state index in [1.54, 1.807) is 14.0 Å². The van der Waals surface area contributed by atoms with E-state index < -0.39 is 5.54 Å². The van der Waals surface area contributed by atoms with Gasteiger partial charge < -0.3 is 15.2 Å². The first-order valence-corrected chi connectivity index (χ1v) is 6.61. The van der Waals surface area contributed by atoms with Crippen LogP contribution >= 0.6 is 15.9 Å². The quantitative estimate of drug-likeness (QED) is 0.865. The van der Waals surface area contributed by atoms with Gasteiger partial charge in [0.25, 0.3) is 0 Å². The van der Waals surface area contributed by atoms with Gasteiger partial charge in [0, 0.05) is 12.8 Å². The van der Waals surface area contributed by atoms with Crippen molar-refractivity contribution in [3.8, 4) is 5.75 Å². The average molecular weight is 314 g/mol. The lowest BCUT2D eigenvalue weighted by Gasteiger charge is -2.20. The first-order valence-electron chi connectivity index (χ1n) is 5.81. The molecular formula is C13H16BrNO3. The first-order chi connectivity index (χ1) is 8.50. The van der Waals surface area contributed by atoms with Crippen molar-refractivity contribution in [2.24, 2.45) is 5.73 Å². The minimum absolute atomic E-state index is 0.337. The zero-order valence-electron chi connectivity index (χ0n) is 10.5. The summed E-state index contributed by atoms with van der Waals surface area (Å²) in [6, 6.07) is 3.88. The molecule has 4 nitrogen and oxygen atoms in total. The van der Waals surface area contributed by atoms with Crippen LogP contribution in [0, 0.1) is 0 Å². The average Bonchev–Trinajstić information content (AvgIpc) is 2.65. The highest BCUT2D eigenvalue weighted by molar-refractivity contribution is 9.10. The third kappa shape index (κ3) is 2.24. The molecule has 0 saturated carbocycles. The van der Waals surface area contributed by atoms with E-state index in [2.05, 4.69) is 15.9 Å². The molecule has 0 unspecified atom stereocenters. The highest BCUT2D eigenvalue weighted by Gasteiger charge is 2.42. The van der Waals surface area contributed by atoms with Crippen LogP contribution in [0.5, 0.6) is 5.75 Å². The zero-order valence-corrected chi connectivity index (χ0v) is 12.0. The Morgan fingerprint density at radius 2 is 2.06 bits per heavy atom. The predicted octanol–water partition coefficient (Wildman–Crippen LogP) is 1.82. The molecule has 0 aliphatic heterocycles. The monoisotopic (exact) mass is 313 g/mol. The molecule has 1 aliphatic carbocycles. The summed E-state index contributed by atoms with van der Waals surface area (Å²) in [5, 5.41) is 0. The van der Waals surface area contributed by atoms with E-state index in [9.17, 15) is 4.79 Å². The molecule has 0 bridgehead atoms. The second-order valence-corrected chi connectivity index (χ2v) is 5.34. The molecular weight excluding hydrogens is 298 g/mol. The van der Waals surface area contributed by atoms with Gasteiger partial charge >= 0.3 is 5.97 Å². The van der Waals surface area contributed by atoms with Crippen molar-refractivity contribution >= 4 is 21.9 Å². The molecule has 1 aliphatic rings. The lowest BCUT2D eigenvalue weighted by Crippen LogP contribution is -2.50. The summed E-state index contributed by atoms with van der Waals surface area (Å²) in [5.41, 5.74) is 7.32. The number of hydrogen-bond donors (Lipinski definition) is 1. The fourth-order valence-corrected chi connectivity index (χ4v) is 2.84. The molecule has 0 spiro atoms. The number of methoxy groups -OCH3 is 1. The Labute approximate surface area is 115 Å². The first kappa shape index (κ1) is 13.4. The summed E-state index contributed by atoms with van der Waals surface area (Å²) in [7, 11) is 1.61. The Morgan fingerprint density at radius 1 is 1.44 bits per heavy atom. The van der Waals surface area contributed by atoms with E-state index in [1.807, 2.05) is 12.1 Å². The molecule has 1 atom stereocenters. The maximum atomic E-state index is 11.9. The van der Waals surface area contributed by atoms with Gasteiger partial charge in [0.2, 0.25) is 0 Å². The molecule has 98 valence electrons. The SMILES string of the molecule is CCOC(=O)[C@@]1(N)Cc2cc(Br)c(OC)cc2C1. The number of halogens is 1. The standard InChI is InChI=1S/C13H16BrNO3/c1-3-18-12(16)13(15)6-8-4-10(14)11(17-2)5-9(8)7-13/h4-5H,3,6-7,15H2,1-2H3/t13-/m1/s1. The second-order valence-electron chi connectivity index (χ2n) is 4.49. The molecule has 0 radical (unpaired) electrons. The smallest absolute Gasteiger partial charge is 0.326 e. The minimum Gasteiger partial charge on any atom is -0.496 e. The molecule has 18 heavy (non-hydrogen) atoms. The van der Waals surface area contributed by atoms with Crippen LogP contribution in [0.15, 0.2) is 16.6 Å². The van der Waals surface area contributed by atoms with Crippen molar-refractivity contribution < 1.29 is 14.3 Å². The number of rotatable bonds is 3. The van der Waals surface area contributed by atoms with Gasteiger partial charge in [-0.25, -0.2) is 0 Å². The van der Waals surface area contributed by atoms with Gasteiger partial charge in [0.1, 0.15) is 11.3 Å². The van der Waals surface area contributed by atoms with Crippen molar-refractivity contribution in [2.75, 3.05) is 13.7 Å². The Bertz CT molecular complexity index is 489. The molecule has 0 saturated heterocycles. The number of nitrogens with two attached hydrogens (primary N) is 1. The largest absolute Gasteiger partial charge is 0.496 e. The van der Waals surface area contributed by atoms with E-state index in [-0.39, 0.29) is 5.97 Å². The number of hydrogen-bond acceptors (Lipinski definition) is 4. The van der Waals surface area contributed by atoms with Crippen molar-refractivity contribution in [3.63, 3.8) is 0 Å². The number of esters is 1. The van der Waals surface area contributed by atoms with Gasteiger partial charge in [-0.2, -0.15) is 0 Å². The Morgan fingerprint density at radius 3 is 2.61 bits per heavy atom. The minimum atomic E-state index is -0.940. The summed E-state index contributed by atoms with van der Waals surface area (Å²) in [6.07, 6.45) is 0.995. The summed E-state index contributed by atoms with van der Waals surface area (Å²) in [4.78, 5) is 11.9.